The number of aryl methyl sites for hydroxylation is 1. The van der Waals surface area contributed by atoms with Crippen molar-refractivity contribution in [2.75, 3.05) is 6.61 Å². The van der Waals surface area contributed by atoms with E-state index in [0.717, 1.165) is 16.8 Å². The fourth-order valence-electron chi connectivity index (χ4n) is 1.63. The summed E-state index contributed by atoms with van der Waals surface area (Å²) < 4.78 is 1.85. The molecule has 1 heterocycles. The summed E-state index contributed by atoms with van der Waals surface area (Å²) in [5.41, 5.74) is 3.41. The van der Waals surface area contributed by atoms with Crippen LogP contribution in [0.1, 0.15) is 5.56 Å². The van der Waals surface area contributed by atoms with Gasteiger partial charge in [0.2, 0.25) is 0 Å². The van der Waals surface area contributed by atoms with Crippen molar-refractivity contribution in [3.8, 4) is 11.3 Å². The van der Waals surface area contributed by atoms with E-state index in [2.05, 4.69) is 17.2 Å². The second kappa shape index (κ2) is 4.28. The highest BCUT2D eigenvalue weighted by Gasteiger charge is 2.01. The lowest BCUT2D eigenvalue weighted by Crippen LogP contribution is -1.94. The van der Waals surface area contributed by atoms with Crippen molar-refractivity contribution in [3.63, 3.8) is 0 Å². The number of benzene rings is 1. The van der Waals surface area contributed by atoms with Crippen LogP contribution in [0.25, 0.3) is 11.3 Å². The number of hydrogen-bond donors (Lipinski definition) is 1. The first-order chi connectivity index (χ1) is 7.31. The highest BCUT2D eigenvalue weighted by molar-refractivity contribution is 5.59. The molecule has 0 saturated heterocycles. The molecule has 78 valence electrons. The summed E-state index contributed by atoms with van der Waals surface area (Å²) in [5.74, 6) is 0. The van der Waals surface area contributed by atoms with Gasteiger partial charge in [0.15, 0.2) is 0 Å². The Morgan fingerprint density at radius 3 is 2.47 bits per heavy atom. The van der Waals surface area contributed by atoms with Gasteiger partial charge in [-0.1, -0.05) is 24.3 Å². The third-order valence-electron chi connectivity index (χ3n) is 2.47. The molecule has 1 aromatic carbocycles. The Kier molecular flexibility index (Phi) is 2.83. The summed E-state index contributed by atoms with van der Waals surface area (Å²) in [5, 5.41) is 12.9. The summed E-state index contributed by atoms with van der Waals surface area (Å²) in [4.78, 5) is 0. The fourth-order valence-corrected chi connectivity index (χ4v) is 1.63. The highest BCUT2D eigenvalue weighted by atomic mass is 16.2. The topological polar surface area (TPSA) is 38.0 Å². The molecule has 0 amide bonds. The van der Waals surface area contributed by atoms with E-state index in [4.69, 9.17) is 5.11 Å². The van der Waals surface area contributed by atoms with Gasteiger partial charge >= 0.3 is 0 Å². The van der Waals surface area contributed by atoms with Gasteiger partial charge in [-0.15, -0.1) is 0 Å². The molecule has 1 N–H and O–H groups in total. The number of nitrogens with zero attached hydrogens (tertiary/aromatic N) is 2. The zero-order valence-electron chi connectivity index (χ0n) is 8.72. The average molecular weight is 202 g/mol. The minimum absolute atomic E-state index is 0.199. The summed E-state index contributed by atoms with van der Waals surface area (Å²) in [6, 6.07) is 10.2. The number of rotatable bonds is 3. The van der Waals surface area contributed by atoms with Crippen molar-refractivity contribution in [1.82, 2.24) is 9.78 Å². The molecule has 0 bridgehead atoms. The van der Waals surface area contributed by atoms with Gasteiger partial charge in [-0.05, 0) is 23.6 Å². The standard InChI is InChI=1S/C12H14N2O/c1-14-12(6-8-13-14)11-4-2-10(3-5-11)7-9-15/h2-6,8,15H,7,9H2,1H3. The molecule has 2 aromatic rings. The van der Waals surface area contributed by atoms with Crippen molar-refractivity contribution in [3.05, 3.63) is 42.1 Å². The first-order valence-corrected chi connectivity index (χ1v) is 4.99. The molecule has 0 radical (unpaired) electrons. The van der Waals surface area contributed by atoms with Gasteiger partial charge in [0, 0.05) is 19.9 Å². The van der Waals surface area contributed by atoms with Gasteiger partial charge in [-0.25, -0.2) is 0 Å². The van der Waals surface area contributed by atoms with Crippen LogP contribution in [-0.2, 0) is 13.5 Å². The molecule has 3 heteroatoms. The maximum Gasteiger partial charge on any atom is 0.0678 e. The van der Waals surface area contributed by atoms with Crippen LogP contribution in [0, 0.1) is 0 Å². The molecule has 0 spiro atoms. The Balaban J connectivity index is 2.28. The van der Waals surface area contributed by atoms with Gasteiger partial charge < -0.3 is 5.11 Å². The zero-order chi connectivity index (χ0) is 10.7. The Bertz CT molecular complexity index is 431. The maximum atomic E-state index is 8.80. The van der Waals surface area contributed by atoms with Crippen molar-refractivity contribution < 1.29 is 5.11 Å². The quantitative estimate of drug-likeness (QED) is 0.821. The van der Waals surface area contributed by atoms with Crippen LogP contribution in [0.15, 0.2) is 36.5 Å². The Hall–Kier alpha value is -1.61. The Labute approximate surface area is 89.0 Å². The molecule has 0 saturated carbocycles. The number of aliphatic hydroxyl groups excluding tert-OH is 1. The van der Waals surface area contributed by atoms with Gasteiger partial charge in [-0.2, -0.15) is 5.10 Å². The predicted octanol–water partition coefficient (Wildman–Crippen LogP) is 1.62. The summed E-state index contributed by atoms with van der Waals surface area (Å²) >= 11 is 0. The second-order valence-electron chi connectivity index (χ2n) is 3.51. The van der Waals surface area contributed by atoms with Gasteiger partial charge in [0.25, 0.3) is 0 Å². The molecule has 0 unspecified atom stereocenters. The molecular formula is C12H14N2O. The SMILES string of the molecule is Cn1nccc1-c1ccc(CCO)cc1. The molecule has 0 atom stereocenters. The average Bonchev–Trinajstić information content (AvgIpc) is 2.66. The summed E-state index contributed by atoms with van der Waals surface area (Å²) in [6.07, 6.45) is 2.50. The van der Waals surface area contributed by atoms with Crippen molar-refractivity contribution in [2.45, 2.75) is 6.42 Å². The van der Waals surface area contributed by atoms with Crippen LogP contribution in [0.4, 0.5) is 0 Å². The summed E-state index contributed by atoms with van der Waals surface area (Å²) in [7, 11) is 1.93. The molecule has 3 nitrogen and oxygen atoms in total. The number of aliphatic hydroxyl groups is 1. The summed E-state index contributed by atoms with van der Waals surface area (Å²) in [6.45, 7) is 0.199. The highest BCUT2D eigenvalue weighted by Crippen LogP contribution is 2.18. The lowest BCUT2D eigenvalue weighted by molar-refractivity contribution is 0.299. The molecule has 2 rings (SSSR count). The van der Waals surface area contributed by atoms with E-state index >= 15 is 0 Å². The fraction of sp³-hybridized carbons (Fsp3) is 0.250. The van der Waals surface area contributed by atoms with E-state index in [1.165, 1.54) is 0 Å². The van der Waals surface area contributed by atoms with Gasteiger partial charge in [0.05, 0.1) is 5.69 Å². The molecule has 0 aliphatic heterocycles. The lowest BCUT2D eigenvalue weighted by atomic mass is 10.1. The number of hydrogen-bond acceptors (Lipinski definition) is 2. The second-order valence-corrected chi connectivity index (χ2v) is 3.51. The van der Waals surface area contributed by atoms with E-state index in [0.29, 0.717) is 6.42 Å². The molecule has 0 aliphatic rings. The van der Waals surface area contributed by atoms with Crippen LogP contribution < -0.4 is 0 Å². The largest absolute Gasteiger partial charge is 0.396 e. The van der Waals surface area contributed by atoms with Crippen molar-refractivity contribution in [2.24, 2.45) is 7.05 Å². The van der Waals surface area contributed by atoms with Crippen LogP contribution in [0.3, 0.4) is 0 Å². The van der Waals surface area contributed by atoms with Crippen LogP contribution in [0.5, 0.6) is 0 Å². The van der Waals surface area contributed by atoms with Crippen LogP contribution in [0.2, 0.25) is 0 Å². The number of aromatic nitrogens is 2. The van der Waals surface area contributed by atoms with E-state index in [1.807, 2.05) is 29.9 Å². The van der Waals surface area contributed by atoms with E-state index < -0.39 is 0 Å². The van der Waals surface area contributed by atoms with Crippen molar-refractivity contribution >= 4 is 0 Å². The maximum absolute atomic E-state index is 8.80. The molecule has 0 fully saturated rings. The minimum atomic E-state index is 0.199. The van der Waals surface area contributed by atoms with E-state index in [9.17, 15) is 0 Å². The molecule has 15 heavy (non-hydrogen) atoms. The first-order valence-electron chi connectivity index (χ1n) is 4.99. The Morgan fingerprint density at radius 2 is 1.93 bits per heavy atom. The smallest absolute Gasteiger partial charge is 0.0678 e. The molecule has 0 aliphatic carbocycles. The van der Waals surface area contributed by atoms with E-state index in [-0.39, 0.29) is 6.61 Å². The molecular weight excluding hydrogens is 188 g/mol. The van der Waals surface area contributed by atoms with E-state index in [1.54, 1.807) is 6.20 Å². The lowest BCUT2D eigenvalue weighted by Gasteiger charge is -2.03. The van der Waals surface area contributed by atoms with Gasteiger partial charge in [-0.3, -0.25) is 4.68 Å². The first kappa shape index (κ1) is 9.93. The van der Waals surface area contributed by atoms with Crippen LogP contribution in [-0.4, -0.2) is 21.5 Å². The third-order valence-corrected chi connectivity index (χ3v) is 2.47. The minimum Gasteiger partial charge on any atom is -0.396 e. The zero-order valence-corrected chi connectivity index (χ0v) is 8.72. The van der Waals surface area contributed by atoms with Crippen molar-refractivity contribution in [1.29, 1.82) is 0 Å². The Morgan fingerprint density at radius 1 is 1.20 bits per heavy atom. The normalized spacial score (nSPS) is 10.5. The molecule has 1 aromatic heterocycles. The third kappa shape index (κ3) is 2.07. The van der Waals surface area contributed by atoms with Gasteiger partial charge in [0.1, 0.15) is 0 Å². The predicted molar refractivity (Wildman–Crippen MR) is 59.4 cm³/mol. The monoisotopic (exact) mass is 202 g/mol. The van der Waals surface area contributed by atoms with Crippen LogP contribution >= 0.6 is 0 Å².